The van der Waals surface area contributed by atoms with Gasteiger partial charge in [-0.2, -0.15) is 0 Å². The highest BCUT2D eigenvalue weighted by Crippen LogP contribution is 2.19. The van der Waals surface area contributed by atoms with Crippen LogP contribution in [0.4, 0.5) is 0 Å². The first-order chi connectivity index (χ1) is 10.3. The Hall–Kier alpha value is -1.35. The van der Waals surface area contributed by atoms with Crippen molar-refractivity contribution in [3.63, 3.8) is 0 Å². The van der Waals surface area contributed by atoms with Gasteiger partial charge in [-0.25, -0.2) is 0 Å². The Balaban J connectivity index is 1.62. The lowest BCUT2D eigenvalue weighted by Gasteiger charge is -2.35. The van der Waals surface area contributed by atoms with Crippen molar-refractivity contribution in [2.24, 2.45) is 0 Å². The number of likely N-dealkylation sites (tertiary alicyclic amines) is 1. The van der Waals surface area contributed by atoms with Crippen LogP contribution in [-0.2, 0) is 11.2 Å². The molecule has 3 heteroatoms. The van der Waals surface area contributed by atoms with Crippen LogP contribution in [-0.4, -0.2) is 36.5 Å². The zero-order valence-corrected chi connectivity index (χ0v) is 13.2. The smallest absolute Gasteiger partial charge is 0.224 e. The Bertz CT molecular complexity index is 418. The molecule has 1 saturated heterocycles. The molecule has 0 aromatic heterocycles. The van der Waals surface area contributed by atoms with E-state index in [4.69, 9.17) is 0 Å². The molecule has 0 aliphatic carbocycles. The summed E-state index contributed by atoms with van der Waals surface area (Å²) >= 11 is 0. The second kappa shape index (κ2) is 8.83. The number of benzene rings is 1. The lowest BCUT2D eigenvalue weighted by atomic mass is 9.99. The van der Waals surface area contributed by atoms with E-state index in [1.807, 2.05) is 6.07 Å². The molecule has 1 aromatic rings. The minimum atomic E-state index is 0.328. The van der Waals surface area contributed by atoms with Crippen LogP contribution < -0.4 is 5.32 Å². The van der Waals surface area contributed by atoms with Crippen molar-refractivity contribution in [2.45, 2.75) is 51.5 Å². The van der Waals surface area contributed by atoms with Gasteiger partial charge in [0.05, 0.1) is 0 Å². The fourth-order valence-corrected chi connectivity index (χ4v) is 3.09. The summed E-state index contributed by atoms with van der Waals surface area (Å²) in [6.45, 7) is 4.88. The normalized spacial score (nSPS) is 18.7. The van der Waals surface area contributed by atoms with Gasteiger partial charge < -0.3 is 10.2 Å². The zero-order chi connectivity index (χ0) is 14.9. The highest BCUT2D eigenvalue weighted by Gasteiger charge is 2.24. The van der Waals surface area contributed by atoms with Crippen molar-refractivity contribution < 1.29 is 4.79 Å². The summed E-state index contributed by atoms with van der Waals surface area (Å²) in [4.78, 5) is 14.4. The largest absolute Gasteiger partial charge is 0.340 e. The van der Waals surface area contributed by atoms with Crippen LogP contribution in [0.15, 0.2) is 30.3 Å². The van der Waals surface area contributed by atoms with Crippen LogP contribution in [0.3, 0.4) is 0 Å². The second-order valence-electron chi connectivity index (χ2n) is 5.88. The van der Waals surface area contributed by atoms with Crippen LogP contribution in [0, 0.1) is 0 Å². The number of nitrogens with zero attached hydrogens (tertiary/aromatic N) is 1. The van der Waals surface area contributed by atoms with Crippen molar-refractivity contribution in [1.29, 1.82) is 0 Å². The minimum Gasteiger partial charge on any atom is -0.340 e. The quantitative estimate of drug-likeness (QED) is 0.782. The molecule has 0 radical (unpaired) electrons. The SMILES string of the molecule is CCC1CCCCN1C(=O)CCNCCc1ccccc1. The fraction of sp³-hybridized carbons (Fsp3) is 0.611. The Morgan fingerprint density at radius 3 is 2.81 bits per heavy atom. The molecule has 21 heavy (non-hydrogen) atoms. The molecule has 1 unspecified atom stereocenters. The molecular formula is C18H28N2O. The van der Waals surface area contributed by atoms with Gasteiger partial charge in [-0.3, -0.25) is 4.79 Å². The number of hydrogen-bond donors (Lipinski definition) is 1. The topological polar surface area (TPSA) is 32.3 Å². The van der Waals surface area contributed by atoms with E-state index >= 15 is 0 Å². The van der Waals surface area contributed by atoms with Crippen LogP contribution in [0.2, 0.25) is 0 Å². The van der Waals surface area contributed by atoms with Crippen LogP contribution in [0.5, 0.6) is 0 Å². The summed E-state index contributed by atoms with van der Waals surface area (Å²) in [6.07, 6.45) is 6.37. The number of piperidine rings is 1. The van der Waals surface area contributed by atoms with Crippen molar-refractivity contribution in [3.8, 4) is 0 Å². The fourth-order valence-electron chi connectivity index (χ4n) is 3.09. The molecule has 1 amide bonds. The molecule has 3 nitrogen and oxygen atoms in total. The second-order valence-corrected chi connectivity index (χ2v) is 5.88. The molecule has 1 atom stereocenters. The van der Waals surface area contributed by atoms with Gasteiger partial charge >= 0.3 is 0 Å². The molecule has 116 valence electrons. The van der Waals surface area contributed by atoms with Crippen molar-refractivity contribution >= 4 is 5.91 Å². The van der Waals surface area contributed by atoms with Gasteiger partial charge in [0.15, 0.2) is 0 Å². The van der Waals surface area contributed by atoms with E-state index in [0.29, 0.717) is 18.4 Å². The first kappa shape index (κ1) is 16.0. The van der Waals surface area contributed by atoms with E-state index in [1.54, 1.807) is 0 Å². The summed E-state index contributed by atoms with van der Waals surface area (Å²) in [7, 11) is 0. The van der Waals surface area contributed by atoms with E-state index in [-0.39, 0.29) is 0 Å². The van der Waals surface area contributed by atoms with Crippen molar-refractivity contribution in [1.82, 2.24) is 10.2 Å². The molecule has 0 spiro atoms. The predicted molar refractivity (Wildman–Crippen MR) is 87.3 cm³/mol. The minimum absolute atomic E-state index is 0.328. The summed E-state index contributed by atoms with van der Waals surface area (Å²) in [6, 6.07) is 11.0. The molecule has 1 fully saturated rings. The lowest BCUT2D eigenvalue weighted by Crippen LogP contribution is -2.44. The van der Waals surface area contributed by atoms with Gasteiger partial charge in [-0.05, 0) is 44.2 Å². The molecule has 1 aromatic carbocycles. The average Bonchev–Trinajstić information content (AvgIpc) is 2.55. The Labute approximate surface area is 128 Å². The number of amides is 1. The standard InChI is InChI=1S/C18H28N2O/c1-2-17-10-6-7-15-20(17)18(21)12-14-19-13-11-16-8-4-3-5-9-16/h3-5,8-9,17,19H,2,6-7,10-15H2,1H3. The van der Waals surface area contributed by atoms with Gasteiger partial charge in [0.25, 0.3) is 0 Å². The maximum Gasteiger partial charge on any atom is 0.224 e. The Morgan fingerprint density at radius 1 is 1.24 bits per heavy atom. The first-order valence-corrected chi connectivity index (χ1v) is 8.35. The van der Waals surface area contributed by atoms with Gasteiger partial charge in [0.1, 0.15) is 0 Å². The number of nitrogens with one attached hydrogen (secondary N) is 1. The third-order valence-corrected chi connectivity index (χ3v) is 4.37. The number of carbonyl (C=O) groups is 1. The average molecular weight is 288 g/mol. The van der Waals surface area contributed by atoms with E-state index in [0.717, 1.165) is 32.5 Å². The van der Waals surface area contributed by atoms with Gasteiger partial charge in [0, 0.05) is 25.6 Å². The molecule has 1 N–H and O–H groups in total. The molecule has 1 aliphatic heterocycles. The highest BCUT2D eigenvalue weighted by molar-refractivity contribution is 5.76. The lowest BCUT2D eigenvalue weighted by molar-refractivity contribution is -0.134. The van der Waals surface area contributed by atoms with Crippen molar-refractivity contribution in [2.75, 3.05) is 19.6 Å². The van der Waals surface area contributed by atoms with Crippen LogP contribution in [0.1, 0.15) is 44.6 Å². The summed E-state index contributed by atoms with van der Waals surface area (Å²) < 4.78 is 0. The highest BCUT2D eigenvalue weighted by atomic mass is 16.2. The monoisotopic (exact) mass is 288 g/mol. The zero-order valence-electron chi connectivity index (χ0n) is 13.2. The summed E-state index contributed by atoms with van der Waals surface area (Å²) in [5.74, 6) is 0.328. The molecule has 2 rings (SSSR count). The van der Waals surface area contributed by atoms with E-state index in [1.165, 1.54) is 24.8 Å². The van der Waals surface area contributed by atoms with Gasteiger partial charge in [0.2, 0.25) is 5.91 Å². The maximum absolute atomic E-state index is 12.3. The number of hydrogen-bond acceptors (Lipinski definition) is 2. The van der Waals surface area contributed by atoms with E-state index in [2.05, 4.69) is 41.4 Å². The number of carbonyl (C=O) groups excluding carboxylic acids is 1. The van der Waals surface area contributed by atoms with Gasteiger partial charge in [-0.15, -0.1) is 0 Å². The van der Waals surface area contributed by atoms with Crippen LogP contribution in [0.25, 0.3) is 0 Å². The molecule has 0 bridgehead atoms. The Morgan fingerprint density at radius 2 is 2.05 bits per heavy atom. The molecule has 1 heterocycles. The summed E-state index contributed by atoms with van der Waals surface area (Å²) in [5, 5.41) is 3.39. The van der Waals surface area contributed by atoms with Crippen molar-refractivity contribution in [3.05, 3.63) is 35.9 Å². The third kappa shape index (κ3) is 5.16. The first-order valence-electron chi connectivity index (χ1n) is 8.35. The molecule has 1 aliphatic rings. The van der Waals surface area contributed by atoms with E-state index < -0.39 is 0 Å². The maximum atomic E-state index is 12.3. The predicted octanol–water partition coefficient (Wildman–Crippen LogP) is 3.00. The molecule has 0 saturated carbocycles. The summed E-state index contributed by atoms with van der Waals surface area (Å²) in [5.41, 5.74) is 1.35. The van der Waals surface area contributed by atoms with E-state index in [9.17, 15) is 4.79 Å². The van der Waals surface area contributed by atoms with Gasteiger partial charge in [-0.1, -0.05) is 37.3 Å². The Kier molecular flexibility index (Phi) is 6.74. The number of rotatable bonds is 7. The third-order valence-electron chi connectivity index (χ3n) is 4.37. The molecular weight excluding hydrogens is 260 g/mol. The van der Waals surface area contributed by atoms with Crippen LogP contribution >= 0.6 is 0 Å².